The fourth-order valence-electron chi connectivity index (χ4n) is 3.31. The molecule has 31 heavy (non-hydrogen) atoms. The number of nitrogens with two attached hydrogens (primary N) is 1. The normalized spacial score (nSPS) is 13.4. The van der Waals surface area contributed by atoms with Crippen molar-refractivity contribution in [3.8, 4) is 11.5 Å². The SMILES string of the molecule is CN(C)C(=O)N1CCN(C(=O)c2cc(Oc3ccc(CCN)cc3)ccc2F)CC1.Cl. The zero-order chi connectivity index (χ0) is 21.7. The van der Waals surface area contributed by atoms with Crippen LogP contribution in [-0.4, -0.2) is 73.5 Å². The molecular formula is C22H28ClFN4O3. The average molecular weight is 451 g/mol. The number of halogens is 2. The molecule has 0 aliphatic carbocycles. The van der Waals surface area contributed by atoms with Gasteiger partial charge in [-0.1, -0.05) is 12.1 Å². The molecule has 0 aromatic heterocycles. The number of rotatable bonds is 5. The van der Waals surface area contributed by atoms with Crippen LogP contribution in [0, 0.1) is 5.82 Å². The number of amides is 3. The number of ether oxygens (including phenoxy) is 1. The average Bonchev–Trinajstić information content (AvgIpc) is 2.75. The topological polar surface area (TPSA) is 79.1 Å². The highest BCUT2D eigenvalue weighted by Crippen LogP contribution is 2.25. The van der Waals surface area contributed by atoms with Crippen LogP contribution in [0.2, 0.25) is 0 Å². The molecule has 0 atom stereocenters. The van der Waals surface area contributed by atoms with Crippen molar-refractivity contribution in [2.24, 2.45) is 5.73 Å². The Morgan fingerprint density at radius 1 is 1.00 bits per heavy atom. The Morgan fingerprint density at radius 2 is 1.58 bits per heavy atom. The lowest BCUT2D eigenvalue weighted by atomic mass is 10.1. The molecule has 3 amide bonds. The number of piperazine rings is 1. The summed E-state index contributed by atoms with van der Waals surface area (Å²) < 4.78 is 20.2. The molecule has 3 rings (SSSR count). The van der Waals surface area contributed by atoms with Crippen LogP contribution >= 0.6 is 12.4 Å². The smallest absolute Gasteiger partial charge is 0.319 e. The molecular weight excluding hydrogens is 423 g/mol. The van der Waals surface area contributed by atoms with Crippen LogP contribution in [0.4, 0.5) is 9.18 Å². The third kappa shape index (κ3) is 6.08. The van der Waals surface area contributed by atoms with Crippen molar-refractivity contribution in [3.05, 3.63) is 59.4 Å². The standard InChI is InChI=1S/C22H27FN4O3.ClH/c1-25(2)22(29)27-13-11-26(12-14-27)21(28)19-15-18(7-8-20(19)23)30-17-5-3-16(4-6-17)9-10-24;/h3-8,15H,9-14,24H2,1-2H3;1H. The van der Waals surface area contributed by atoms with Crippen LogP contribution in [0.3, 0.4) is 0 Å². The molecule has 0 bridgehead atoms. The Labute approximate surface area is 188 Å². The summed E-state index contributed by atoms with van der Waals surface area (Å²) in [5.41, 5.74) is 6.62. The van der Waals surface area contributed by atoms with Gasteiger partial charge in [0, 0.05) is 40.3 Å². The Kier molecular flexibility index (Phi) is 8.65. The van der Waals surface area contributed by atoms with Gasteiger partial charge in [0.1, 0.15) is 17.3 Å². The van der Waals surface area contributed by atoms with E-state index in [1.165, 1.54) is 23.1 Å². The Hall–Kier alpha value is -2.84. The number of nitrogens with zero attached hydrogens (tertiary/aromatic N) is 3. The van der Waals surface area contributed by atoms with Crippen molar-refractivity contribution in [3.63, 3.8) is 0 Å². The zero-order valence-electron chi connectivity index (χ0n) is 17.7. The fourth-order valence-corrected chi connectivity index (χ4v) is 3.31. The lowest BCUT2D eigenvalue weighted by Gasteiger charge is -2.36. The van der Waals surface area contributed by atoms with Gasteiger partial charge in [0.15, 0.2) is 0 Å². The number of carbonyl (C=O) groups excluding carboxylic acids is 2. The molecule has 1 fully saturated rings. The lowest BCUT2D eigenvalue weighted by molar-refractivity contribution is 0.0645. The van der Waals surface area contributed by atoms with E-state index < -0.39 is 11.7 Å². The second-order valence-corrected chi connectivity index (χ2v) is 7.38. The van der Waals surface area contributed by atoms with Crippen LogP contribution in [-0.2, 0) is 6.42 Å². The molecule has 0 saturated carbocycles. The summed E-state index contributed by atoms with van der Waals surface area (Å²) in [7, 11) is 3.37. The van der Waals surface area contributed by atoms with E-state index in [2.05, 4.69) is 0 Å². The van der Waals surface area contributed by atoms with Gasteiger partial charge < -0.3 is 25.2 Å². The van der Waals surface area contributed by atoms with E-state index in [-0.39, 0.29) is 24.0 Å². The highest BCUT2D eigenvalue weighted by atomic mass is 35.5. The van der Waals surface area contributed by atoms with Crippen LogP contribution in [0.25, 0.3) is 0 Å². The summed E-state index contributed by atoms with van der Waals surface area (Å²) in [4.78, 5) is 29.6. The van der Waals surface area contributed by atoms with E-state index >= 15 is 0 Å². The van der Waals surface area contributed by atoms with Gasteiger partial charge in [0.05, 0.1) is 5.56 Å². The molecule has 2 aromatic carbocycles. The molecule has 0 unspecified atom stereocenters. The van der Waals surface area contributed by atoms with Gasteiger partial charge in [-0.3, -0.25) is 4.79 Å². The minimum atomic E-state index is -0.600. The Balaban J connectivity index is 0.00000341. The minimum absolute atomic E-state index is 0. The van der Waals surface area contributed by atoms with Crippen molar-refractivity contribution >= 4 is 24.3 Å². The number of carbonyl (C=O) groups is 2. The molecule has 9 heteroatoms. The maximum Gasteiger partial charge on any atom is 0.319 e. The first kappa shape index (κ1) is 24.4. The fraction of sp³-hybridized carbons (Fsp3) is 0.364. The largest absolute Gasteiger partial charge is 0.457 e. The minimum Gasteiger partial charge on any atom is -0.457 e. The van der Waals surface area contributed by atoms with E-state index in [4.69, 9.17) is 10.5 Å². The summed E-state index contributed by atoms with van der Waals surface area (Å²) in [5.74, 6) is -0.0324. The van der Waals surface area contributed by atoms with Gasteiger partial charge in [-0.2, -0.15) is 0 Å². The van der Waals surface area contributed by atoms with E-state index in [1.54, 1.807) is 23.9 Å². The summed E-state index contributed by atoms with van der Waals surface area (Å²) in [6.07, 6.45) is 0.781. The molecule has 1 heterocycles. The summed E-state index contributed by atoms with van der Waals surface area (Å²) in [6, 6.07) is 11.5. The van der Waals surface area contributed by atoms with E-state index in [0.717, 1.165) is 12.0 Å². The molecule has 2 aromatic rings. The predicted molar refractivity (Wildman–Crippen MR) is 119 cm³/mol. The van der Waals surface area contributed by atoms with E-state index in [0.29, 0.717) is 44.2 Å². The van der Waals surface area contributed by atoms with Gasteiger partial charge >= 0.3 is 6.03 Å². The van der Waals surface area contributed by atoms with Crippen LogP contribution in [0.5, 0.6) is 11.5 Å². The van der Waals surface area contributed by atoms with Crippen molar-refractivity contribution in [2.45, 2.75) is 6.42 Å². The van der Waals surface area contributed by atoms with Gasteiger partial charge in [-0.25, -0.2) is 9.18 Å². The second-order valence-electron chi connectivity index (χ2n) is 7.38. The van der Waals surface area contributed by atoms with Crippen LogP contribution in [0.15, 0.2) is 42.5 Å². The first-order chi connectivity index (χ1) is 14.4. The van der Waals surface area contributed by atoms with E-state index in [1.807, 2.05) is 24.3 Å². The number of benzene rings is 2. The molecule has 1 aliphatic rings. The van der Waals surface area contributed by atoms with Crippen LogP contribution in [0.1, 0.15) is 15.9 Å². The number of urea groups is 1. The second kappa shape index (κ2) is 11.0. The van der Waals surface area contributed by atoms with Gasteiger partial charge in [-0.15, -0.1) is 12.4 Å². The number of hydrogen-bond acceptors (Lipinski definition) is 4. The maximum absolute atomic E-state index is 14.4. The first-order valence-electron chi connectivity index (χ1n) is 9.91. The Morgan fingerprint density at radius 3 is 2.16 bits per heavy atom. The molecule has 7 nitrogen and oxygen atoms in total. The molecule has 1 aliphatic heterocycles. The van der Waals surface area contributed by atoms with Gasteiger partial charge in [-0.05, 0) is 48.9 Å². The maximum atomic E-state index is 14.4. The van der Waals surface area contributed by atoms with E-state index in [9.17, 15) is 14.0 Å². The summed E-state index contributed by atoms with van der Waals surface area (Å²) in [5, 5.41) is 0. The highest BCUT2D eigenvalue weighted by Gasteiger charge is 2.27. The third-order valence-corrected chi connectivity index (χ3v) is 4.98. The molecule has 168 valence electrons. The monoisotopic (exact) mass is 450 g/mol. The highest BCUT2D eigenvalue weighted by molar-refractivity contribution is 5.95. The van der Waals surface area contributed by atoms with Crippen molar-refractivity contribution in [2.75, 3.05) is 46.8 Å². The third-order valence-electron chi connectivity index (χ3n) is 4.98. The quantitative estimate of drug-likeness (QED) is 0.759. The lowest BCUT2D eigenvalue weighted by Crippen LogP contribution is -2.53. The summed E-state index contributed by atoms with van der Waals surface area (Å²) >= 11 is 0. The predicted octanol–water partition coefficient (Wildman–Crippen LogP) is 2.98. The molecule has 1 saturated heterocycles. The van der Waals surface area contributed by atoms with Crippen molar-refractivity contribution < 1.29 is 18.7 Å². The summed E-state index contributed by atoms with van der Waals surface area (Å²) in [6.45, 7) is 2.10. The van der Waals surface area contributed by atoms with Gasteiger partial charge in [0.2, 0.25) is 0 Å². The Bertz CT molecular complexity index is 900. The van der Waals surface area contributed by atoms with Gasteiger partial charge in [0.25, 0.3) is 5.91 Å². The van der Waals surface area contributed by atoms with Crippen molar-refractivity contribution in [1.82, 2.24) is 14.7 Å². The van der Waals surface area contributed by atoms with Crippen LogP contribution < -0.4 is 10.5 Å². The first-order valence-corrected chi connectivity index (χ1v) is 9.91. The molecule has 0 radical (unpaired) electrons. The number of hydrogen-bond donors (Lipinski definition) is 1. The zero-order valence-corrected chi connectivity index (χ0v) is 18.5. The molecule has 0 spiro atoms. The molecule has 2 N–H and O–H groups in total. The van der Waals surface area contributed by atoms with Crippen molar-refractivity contribution in [1.29, 1.82) is 0 Å².